The van der Waals surface area contributed by atoms with E-state index in [9.17, 15) is 4.39 Å². The summed E-state index contributed by atoms with van der Waals surface area (Å²) in [5.74, 6) is 2.20. The second-order valence-electron chi connectivity index (χ2n) is 6.49. The molecule has 0 spiro atoms. The van der Waals surface area contributed by atoms with Gasteiger partial charge in [-0.1, -0.05) is 13.8 Å². The van der Waals surface area contributed by atoms with E-state index in [1.165, 1.54) is 12.1 Å². The molecule has 3 rings (SSSR count). The van der Waals surface area contributed by atoms with Crippen molar-refractivity contribution in [2.24, 2.45) is 5.92 Å². The molecule has 128 valence electrons. The summed E-state index contributed by atoms with van der Waals surface area (Å²) < 4.78 is 13.0. The van der Waals surface area contributed by atoms with Crippen LogP contribution in [0.3, 0.4) is 0 Å². The van der Waals surface area contributed by atoms with Crippen LogP contribution in [-0.2, 0) is 0 Å². The van der Waals surface area contributed by atoms with Crippen LogP contribution in [0, 0.1) is 11.7 Å². The molecule has 1 N–H and O–H groups in total. The number of piperazine rings is 1. The first-order valence-corrected chi connectivity index (χ1v) is 8.43. The third-order valence-corrected chi connectivity index (χ3v) is 4.14. The van der Waals surface area contributed by atoms with Crippen molar-refractivity contribution >= 4 is 17.3 Å². The minimum Gasteiger partial charge on any atom is -0.370 e. The Labute approximate surface area is 142 Å². The van der Waals surface area contributed by atoms with E-state index in [1.54, 1.807) is 6.33 Å². The highest BCUT2D eigenvalue weighted by Crippen LogP contribution is 2.20. The van der Waals surface area contributed by atoms with Gasteiger partial charge < -0.3 is 15.1 Å². The summed E-state index contributed by atoms with van der Waals surface area (Å²) in [7, 11) is 0. The molecule has 24 heavy (non-hydrogen) atoms. The van der Waals surface area contributed by atoms with Crippen molar-refractivity contribution in [3.63, 3.8) is 0 Å². The molecule has 1 aliphatic rings. The first-order chi connectivity index (χ1) is 11.6. The SMILES string of the molecule is CC(C)CNc1cc(N2CCN(c3ccc(F)cc3)CC2)ncn1. The monoisotopic (exact) mass is 329 g/mol. The quantitative estimate of drug-likeness (QED) is 0.913. The number of halogens is 1. The third kappa shape index (κ3) is 4.13. The molecule has 0 amide bonds. The van der Waals surface area contributed by atoms with Crippen LogP contribution in [0.25, 0.3) is 0 Å². The zero-order valence-electron chi connectivity index (χ0n) is 14.2. The van der Waals surface area contributed by atoms with Gasteiger partial charge in [0.15, 0.2) is 0 Å². The maximum Gasteiger partial charge on any atom is 0.134 e. The molecule has 0 unspecified atom stereocenters. The molecule has 6 heteroatoms. The summed E-state index contributed by atoms with van der Waals surface area (Å²) in [6, 6.07) is 8.71. The Balaban J connectivity index is 1.60. The Bertz CT molecular complexity index is 651. The lowest BCUT2D eigenvalue weighted by molar-refractivity contribution is 0.624. The molecule has 1 fully saturated rings. The number of rotatable bonds is 5. The molecule has 0 radical (unpaired) electrons. The summed E-state index contributed by atoms with van der Waals surface area (Å²) in [6.45, 7) is 8.80. The van der Waals surface area contributed by atoms with Gasteiger partial charge in [0.1, 0.15) is 23.8 Å². The van der Waals surface area contributed by atoms with E-state index in [-0.39, 0.29) is 5.82 Å². The average Bonchev–Trinajstić information content (AvgIpc) is 2.61. The molecule has 0 atom stereocenters. The van der Waals surface area contributed by atoms with Crippen LogP contribution in [0.2, 0.25) is 0 Å². The van der Waals surface area contributed by atoms with E-state index >= 15 is 0 Å². The first-order valence-electron chi connectivity index (χ1n) is 8.43. The molecule has 1 aromatic carbocycles. The Morgan fingerprint density at radius 2 is 1.71 bits per heavy atom. The van der Waals surface area contributed by atoms with Crippen LogP contribution in [0.4, 0.5) is 21.7 Å². The number of hydrogen-bond donors (Lipinski definition) is 1. The van der Waals surface area contributed by atoms with E-state index in [0.717, 1.165) is 50.0 Å². The van der Waals surface area contributed by atoms with Crippen LogP contribution in [0.1, 0.15) is 13.8 Å². The summed E-state index contributed by atoms with van der Waals surface area (Å²) >= 11 is 0. The van der Waals surface area contributed by atoms with Crippen molar-refractivity contribution in [2.75, 3.05) is 47.8 Å². The molecule has 2 aromatic rings. The zero-order valence-corrected chi connectivity index (χ0v) is 14.2. The van der Waals surface area contributed by atoms with Gasteiger partial charge in [-0.3, -0.25) is 0 Å². The lowest BCUT2D eigenvalue weighted by Crippen LogP contribution is -2.46. The third-order valence-electron chi connectivity index (χ3n) is 4.14. The van der Waals surface area contributed by atoms with Crippen molar-refractivity contribution in [2.45, 2.75) is 13.8 Å². The predicted octanol–water partition coefficient (Wildman–Crippen LogP) is 3.01. The highest BCUT2D eigenvalue weighted by Gasteiger charge is 2.18. The number of nitrogens with zero attached hydrogens (tertiary/aromatic N) is 4. The Morgan fingerprint density at radius 3 is 2.38 bits per heavy atom. The Hall–Kier alpha value is -2.37. The Kier molecular flexibility index (Phi) is 5.13. The number of aromatic nitrogens is 2. The topological polar surface area (TPSA) is 44.3 Å². The molecule has 1 aromatic heterocycles. The van der Waals surface area contributed by atoms with Crippen LogP contribution >= 0.6 is 0 Å². The lowest BCUT2D eigenvalue weighted by Gasteiger charge is -2.36. The molecule has 1 aliphatic heterocycles. The van der Waals surface area contributed by atoms with Gasteiger partial charge in [-0.15, -0.1) is 0 Å². The van der Waals surface area contributed by atoms with Crippen LogP contribution in [0.5, 0.6) is 0 Å². The van der Waals surface area contributed by atoms with Gasteiger partial charge in [0, 0.05) is 44.5 Å². The maximum absolute atomic E-state index is 13.0. The van der Waals surface area contributed by atoms with Crippen molar-refractivity contribution < 1.29 is 4.39 Å². The van der Waals surface area contributed by atoms with Crippen molar-refractivity contribution in [3.8, 4) is 0 Å². The summed E-state index contributed by atoms with van der Waals surface area (Å²) in [5, 5.41) is 3.34. The van der Waals surface area contributed by atoms with Crippen molar-refractivity contribution in [1.82, 2.24) is 9.97 Å². The summed E-state index contributed by atoms with van der Waals surface area (Å²) in [4.78, 5) is 13.2. The molecule has 0 bridgehead atoms. The van der Waals surface area contributed by atoms with Crippen LogP contribution in [0.15, 0.2) is 36.7 Å². The fraction of sp³-hybridized carbons (Fsp3) is 0.444. The number of hydrogen-bond acceptors (Lipinski definition) is 5. The average molecular weight is 329 g/mol. The minimum atomic E-state index is -0.195. The van der Waals surface area contributed by atoms with Gasteiger partial charge in [-0.2, -0.15) is 0 Å². The first kappa shape index (κ1) is 16.5. The molecule has 5 nitrogen and oxygen atoms in total. The Morgan fingerprint density at radius 1 is 1.04 bits per heavy atom. The predicted molar refractivity (Wildman–Crippen MR) is 96.2 cm³/mol. The number of nitrogens with one attached hydrogen (secondary N) is 1. The van der Waals surface area contributed by atoms with Crippen LogP contribution < -0.4 is 15.1 Å². The molecule has 1 saturated heterocycles. The fourth-order valence-corrected chi connectivity index (χ4v) is 2.77. The smallest absolute Gasteiger partial charge is 0.134 e. The zero-order chi connectivity index (χ0) is 16.9. The normalized spacial score (nSPS) is 15.0. The maximum atomic E-state index is 13.0. The van der Waals surface area contributed by atoms with Gasteiger partial charge >= 0.3 is 0 Å². The minimum absolute atomic E-state index is 0.195. The summed E-state index contributed by atoms with van der Waals surface area (Å²) in [5.41, 5.74) is 1.07. The van der Waals surface area contributed by atoms with Gasteiger partial charge in [-0.05, 0) is 30.2 Å². The van der Waals surface area contributed by atoms with E-state index in [4.69, 9.17) is 0 Å². The highest BCUT2D eigenvalue weighted by atomic mass is 19.1. The molecule has 2 heterocycles. The molecule has 0 aliphatic carbocycles. The van der Waals surface area contributed by atoms with E-state index in [1.807, 2.05) is 18.2 Å². The molecular formula is C18H24FN5. The second-order valence-corrected chi connectivity index (χ2v) is 6.49. The standard InChI is InChI=1S/C18H24FN5/c1-14(2)12-20-17-11-18(22-13-21-17)24-9-7-23(8-10-24)16-5-3-15(19)4-6-16/h3-6,11,13-14H,7-10,12H2,1-2H3,(H,20,21,22). The van der Waals surface area contributed by atoms with Crippen molar-refractivity contribution in [3.05, 3.63) is 42.5 Å². The van der Waals surface area contributed by atoms with E-state index in [2.05, 4.69) is 38.9 Å². The van der Waals surface area contributed by atoms with Gasteiger partial charge in [0.25, 0.3) is 0 Å². The number of anilines is 3. The molecule has 0 saturated carbocycles. The molecular weight excluding hydrogens is 305 g/mol. The fourth-order valence-electron chi connectivity index (χ4n) is 2.77. The van der Waals surface area contributed by atoms with Gasteiger partial charge in [-0.25, -0.2) is 14.4 Å². The van der Waals surface area contributed by atoms with Crippen LogP contribution in [-0.4, -0.2) is 42.7 Å². The van der Waals surface area contributed by atoms with Gasteiger partial charge in [0.2, 0.25) is 0 Å². The van der Waals surface area contributed by atoms with E-state index in [0.29, 0.717) is 5.92 Å². The van der Waals surface area contributed by atoms with E-state index < -0.39 is 0 Å². The lowest BCUT2D eigenvalue weighted by atomic mass is 10.2. The van der Waals surface area contributed by atoms with Gasteiger partial charge in [0.05, 0.1) is 0 Å². The second kappa shape index (κ2) is 7.47. The largest absolute Gasteiger partial charge is 0.370 e. The van der Waals surface area contributed by atoms with Crippen molar-refractivity contribution in [1.29, 1.82) is 0 Å². The highest BCUT2D eigenvalue weighted by molar-refractivity contribution is 5.52. The summed E-state index contributed by atoms with van der Waals surface area (Å²) in [6.07, 6.45) is 1.62. The number of benzene rings is 1.